The summed E-state index contributed by atoms with van der Waals surface area (Å²) in [5.74, 6) is -0.415. The van der Waals surface area contributed by atoms with Crippen LogP contribution in [0.5, 0.6) is 0 Å². The van der Waals surface area contributed by atoms with Crippen LogP contribution >= 0.6 is 0 Å². The number of anilines is 1. The van der Waals surface area contributed by atoms with E-state index in [4.69, 9.17) is 0 Å². The van der Waals surface area contributed by atoms with Gasteiger partial charge in [-0.3, -0.25) is 14.4 Å². The van der Waals surface area contributed by atoms with Crippen molar-refractivity contribution in [3.8, 4) is 0 Å². The summed E-state index contributed by atoms with van der Waals surface area (Å²) >= 11 is 0. The number of nitrogens with zero attached hydrogens (tertiary/aromatic N) is 3. The highest BCUT2D eigenvalue weighted by Crippen LogP contribution is 2.15. The number of benzene rings is 2. The van der Waals surface area contributed by atoms with Gasteiger partial charge in [-0.2, -0.15) is 4.68 Å². The van der Waals surface area contributed by atoms with Gasteiger partial charge in [-0.05, 0) is 49.7 Å². The standard InChI is InChI=1S/C19H18N4O3/c1-3-17(18(25)20-14-10-8-13(9-11-14)12(2)24)23-19(26)15-6-4-5-7-16(15)21-22-23/h4-11,17H,3H2,1-2H3,(H,20,25)/t17-/m1/s1. The summed E-state index contributed by atoms with van der Waals surface area (Å²) in [7, 11) is 0. The number of carbonyl (C=O) groups is 2. The highest BCUT2D eigenvalue weighted by atomic mass is 16.2. The van der Waals surface area contributed by atoms with Crippen LogP contribution in [0.25, 0.3) is 10.9 Å². The summed E-state index contributed by atoms with van der Waals surface area (Å²) in [5, 5.41) is 11.1. The molecule has 7 nitrogen and oxygen atoms in total. The zero-order valence-electron chi connectivity index (χ0n) is 14.5. The number of amides is 1. The Morgan fingerprint density at radius 1 is 1.12 bits per heavy atom. The molecule has 0 unspecified atom stereocenters. The first-order valence-electron chi connectivity index (χ1n) is 8.27. The van der Waals surface area contributed by atoms with Gasteiger partial charge in [-0.1, -0.05) is 24.3 Å². The Labute approximate surface area is 149 Å². The van der Waals surface area contributed by atoms with E-state index in [2.05, 4.69) is 15.6 Å². The van der Waals surface area contributed by atoms with Gasteiger partial charge in [0.2, 0.25) is 5.91 Å². The van der Waals surface area contributed by atoms with Gasteiger partial charge in [0.1, 0.15) is 11.6 Å². The number of ketones is 1. The first kappa shape index (κ1) is 17.5. The maximum atomic E-state index is 12.6. The van der Waals surface area contributed by atoms with Gasteiger partial charge in [0.15, 0.2) is 5.78 Å². The van der Waals surface area contributed by atoms with Crippen LogP contribution in [0.15, 0.2) is 53.3 Å². The molecule has 2 aromatic carbocycles. The molecule has 1 atom stereocenters. The molecule has 0 bridgehead atoms. The number of hydrogen-bond donors (Lipinski definition) is 1. The van der Waals surface area contributed by atoms with Crippen molar-refractivity contribution in [3.05, 3.63) is 64.4 Å². The minimum atomic E-state index is -0.785. The Bertz CT molecular complexity index is 1020. The van der Waals surface area contributed by atoms with Crippen molar-refractivity contribution in [2.75, 3.05) is 5.32 Å². The van der Waals surface area contributed by atoms with Crippen molar-refractivity contribution in [2.45, 2.75) is 26.3 Å². The maximum absolute atomic E-state index is 12.6. The minimum absolute atomic E-state index is 0.0488. The zero-order valence-corrected chi connectivity index (χ0v) is 14.5. The first-order chi connectivity index (χ1) is 12.5. The van der Waals surface area contributed by atoms with E-state index >= 15 is 0 Å². The molecule has 1 heterocycles. The molecular formula is C19H18N4O3. The molecular weight excluding hydrogens is 332 g/mol. The molecule has 0 fully saturated rings. The average Bonchev–Trinajstić information content (AvgIpc) is 2.65. The highest BCUT2D eigenvalue weighted by Gasteiger charge is 2.22. The van der Waals surface area contributed by atoms with Crippen molar-refractivity contribution in [1.29, 1.82) is 0 Å². The van der Waals surface area contributed by atoms with Crippen LogP contribution < -0.4 is 10.9 Å². The third kappa shape index (κ3) is 3.37. The fourth-order valence-corrected chi connectivity index (χ4v) is 2.69. The molecule has 1 aromatic heterocycles. The second kappa shape index (κ2) is 7.26. The van der Waals surface area contributed by atoms with Crippen molar-refractivity contribution in [1.82, 2.24) is 15.0 Å². The molecule has 0 aliphatic heterocycles. The normalized spacial score (nSPS) is 11.9. The predicted molar refractivity (Wildman–Crippen MR) is 98.2 cm³/mol. The summed E-state index contributed by atoms with van der Waals surface area (Å²) in [6.07, 6.45) is 0.379. The van der Waals surface area contributed by atoms with E-state index in [-0.39, 0.29) is 17.2 Å². The Morgan fingerprint density at radius 2 is 1.81 bits per heavy atom. The quantitative estimate of drug-likeness (QED) is 0.714. The van der Waals surface area contributed by atoms with Crippen LogP contribution in [0.1, 0.15) is 36.7 Å². The number of aromatic nitrogens is 3. The molecule has 7 heteroatoms. The number of carbonyl (C=O) groups excluding carboxylic acids is 2. The van der Waals surface area contributed by atoms with E-state index in [0.717, 1.165) is 4.68 Å². The van der Waals surface area contributed by atoms with Crippen LogP contribution in [0.4, 0.5) is 5.69 Å². The molecule has 1 N–H and O–H groups in total. The molecule has 26 heavy (non-hydrogen) atoms. The molecule has 0 saturated carbocycles. The third-order valence-corrected chi connectivity index (χ3v) is 4.13. The Morgan fingerprint density at radius 3 is 2.46 bits per heavy atom. The lowest BCUT2D eigenvalue weighted by molar-refractivity contribution is -0.119. The first-order valence-corrected chi connectivity index (χ1v) is 8.27. The van der Waals surface area contributed by atoms with Gasteiger partial charge >= 0.3 is 0 Å². The number of rotatable bonds is 5. The molecule has 0 radical (unpaired) electrons. The number of nitrogens with one attached hydrogen (secondary N) is 1. The summed E-state index contributed by atoms with van der Waals surface area (Å²) in [5.41, 5.74) is 1.24. The molecule has 132 valence electrons. The van der Waals surface area contributed by atoms with Gasteiger partial charge in [-0.25, -0.2) is 0 Å². The Balaban J connectivity index is 1.88. The average molecular weight is 350 g/mol. The molecule has 0 spiro atoms. The Kier molecular flexibility index (Phi) is 4.88. The monoisotopic (exact) mass is 350 g/mol. The summed E-state index contributed by atoms with van der Waals surface area (Å²) < 4.78 is 1.11. The zero-order chi connectivity index (χ0) is 18.7. The second-order valence-electron chi connectivity index (χ2n) is 5.90. The lowest BCUT2D eigenvalue weighted by atomic mass is 10.1. The van der Waals surface area contributed by atoms with Crippen LogP contribution in [-0.2, 0) is 4.79 Å². The van der Waals surface area contributed by atoms with Crippen molar-refractivity contribution < 1.29 is 9.59 Å². The van der Waals surface area contributed by atoms with Crippen molar-refractivity contribution in [2.24, 2.45) is 0 Å². The van der Waals surface area contributed by atoms with E-state index in [1.807, 2.05) is 0 Å². The van der Waals surface area contributed by atoms with Crippen LogP contribution in [0.3, 0.4) is 0 Å². The molecule has 3 aromatic rings. The maximum Gasteiger partial charge on any atom is 0.278 e. The van der Waals surface area contributed by atoms with Crippen LogP contribution in [0, 0.1) is 0 Å². The van der Waals surface area contributed by atoms with E-state index in [1.54, 1.807) is 55.5 Å². The van der Waals surface area contributed by atoms with Gasteiger partial charge in [0.05, 0.1) is 5.39 Å². The van der Waals surface area contributed by atoms with Gasteiger partial charge in [-0.15, -0.1) is 5.10 Å². The fraction of sp³-hybridized carbons (Fsp3) is 0.211. The number of hydrogen-bond acceptors (Lipinski definition) is 5. The second-order valence-corrected chi connectivity index (χ2v) is 5.90. The summed E-state index contributed by atoms with van der Waals surface area (Å²) in [6, 6.07) is 12.7. The number of Topliss-reactive ketones (excluding diaryl/α,β-unsaturated/α-hetero) is 1. The van der Waals surface area contributed by atoms with Crippen molar-refractivity contribution >= 4 is 28.3 Å². The van der Waals surface area contributed by atoms with Gasteiger partial charge in [0.25, 0.3) is 5.56 Å². The molecule has 0 aliphatic carbocycles. The Hall–Kier alpha value is -3.35. The SMILES string of the molecule is CC[C@H](C(=O)Nc1ccc(C(C)=O)cc1)n1nnc2ccccc2c1=O. The van der Waals surface area contributed by atoms with Gasteiger partial charge in [0, 0.05) is 11.3 Å². The summed E-state index contributed by atoms with van der Waals surface area (Å²) in [4.78, 5) is 36.6. The van der Waals surface area contributed by atoms with E-state index in [1.165, 1.54) is 6.92 Å². The predicted octanol–water partition coefficient (Wildman–Crippen LogP) is 2.58. The van der Waals surface area contributed by atoms with Crippen LogP contribution in [0.2, 0.25) is 0 Å². The lowest BCUT2D eigenvalue weighted by Gasteiger charge is -2.16. The highest BCUT2D eigenvalue weighted by molar-refractivity contribution is 5.96. The topological polar surface area (TPSA) is 93.9 Å². The fourth-order valence-electron chi connectivity index (χ4n) is 2.69. The third-order valence-electron chi connectivity index (χ3n) is 4.13. The van der Waals surface area contributed by atoms with E-state index < -0.39 is 6.04 Å². The van der Waals surface area contributed by atoms with Gasteiger partial charge < -0.3 is 5.32 Å². The molecule has 0 aliphatic rings. The van der Waals surface area contributed by atoms with Crippen molar-refractivity contribution in [3.63, 3.8) is 0 Å². The molecule has 3 rings (SSSR count). The lowest BCUT2D eigenvalue weighted by Crippen LogP contribution is -2.35. The number of fused-ring (bicyclic) bond motifs is 1. The molecule has 1 amide bonds. The van der Waals surface area contributed by atoms with E-state index in [0.29, 0.717) is 28.6 Å². The molecule has 0 saturated heterocycles. The van der Waals surface area contributed by atoms with Crippen LogP contribution in [-0.4, -0.2) is 26.7 Å². The minimum Gasteiger partial charge on any atom is -0.324 e. The smallest absolute Gasteiger partial charge is 0.278 e. The largest absolute Gasteiger partial charge is 0.324 e. The summed E-state index contributed by atoms with van der Waals surface area (Å²) in [6.45, 7) is 3.28. The van der Waals surface area contributed by atoms with E-state index in [9.17, 15) is 14.4 Å².